The third-order valence-electron chi connectivity index (χ3n) is 3.67. The number of thiazole rings is 1. The van der Waals surface area contributed by atoms with Crippen molar-refractivity contribution in [2.75, 3.05) is 6.26 Å². The van der Waals surface area contributed by atoms with Crippen LogP contribution in [0.15, 0.2) is 52.4 Å². The number of sulfone groups is 1. The second-order valence-electron chi connectivity index (χ2n) is 5.63. The van der Waals surface area contributed by atoms with Crippen LogP contribution in [0.2, 0.25) is 0 Å². The van der Waals surface area contributed by atoms with Crippen molar-refractivity contribution in [1.82, 2.24) is 4.57 Å². The molecule has 0 radical (unpaired) electrons. The molecule has 0 fully saturated rings. The van der Waals surface area contributed by atoms with Crippen LogP contribution in [0.4, 0.5) is 0 Å². The van der Waals surface area contributed by atoms with Crippen molar-refractivity contribution in [3.8, 4) is 0 Å². The van der Waals surface area contributed by atoms with Crippen LogP contribution in [0, 0.1) is 6.92 Å². The van der Waals surface area contributed by atoms with Crippen molar-refractivity contribution in [2.24, 2.45) is 12.0 Å². The number of rotatable bonds is 2. The third-order valence-corrected chi connectivity index (χ3v) is 5.88. The molecule has 0 atom stereocenters. The molecule has 3 rings (SSSR count). The van der Waals surface area contributed by atoms with Gasteiger partial charge in [-0.05, 0) is 37.3 Å². The first kappa shape index (κ1) is 16.6. The number of aryl methyl sites for hydroxylation is 2. The predicted octanol–water partition coefficient (Wildman–Crippen LogP) is 2.69. The van der Waals surface area contributed by atoms with Crippen molar-refractivity contribution in [2.45, 2.75) is 11.8 Å². The highest BCUT2D eigenvalue weighted by atomic mass is 32.2. The maximum atomic E-state index is 12.4. The molecule has 2 aromatic carbocycles. The molecule has 0 saturated carbocycles. The minimum Gasteiger partial charge on any atom is -0.319 e. The lowest BCUT2D eigenvalue weighted by Crippen LogP contribution is -2.13. The Bertz CT molecular complexity index is 1120. The molecule has 0 bridgehead atoms. The number of carbonyl (C=O) groups is 1. The van der Waals surface area contributed by atoms with E-state index in [-0.39, 0.29) is 10.8 Å². The fourth-order valence-electron chi connectivity index (χ4n) is 2.38. The molecule has 24 heavy (non-hydrogen) atoms. The summed E-state index contributed by atoms with van der Waals surface area (Å²) in [4.78, 5) is 17.3. The molecule has 0 aliphatic rings. The topological polar surface area (TPSA) is 68.5 Å². The number of benzene rings is 2. The quantitative estimate of drug-likeness (QED) is 0.706. The number of nitrogens with zero attached hydrogens (tertiary/aromatic N) is 2. The van der Waals surface area contributed by atoms with Crippen LogP contribution < -0.4 is 4.80 Å². The summed E-state index contributed by atoms with van der Waals surface area (Å²) in [7, 11) is -1.46. The molecular weight excluding hydrogens is 344 g/mol. The Balaban J connectivity index is 2.13. The van der Waals surface area contributed by atoms with Crippen LogP contribution in [-0.4, -0.2) is 25.1 Å². The third kappa shape index (κ3) is 3.18. The van der Waals surface area contributed by atoms with E-state index in [0.717, 1.165) is 15.8 Å². The lowest BCUT2D eigenvalue weighted by molar-refractivity contribution is 0.0998. The van der Waals surface area contributed by atoms with Crippen molar-refractivity contribution in [3.05, 3.63) is 58.4 Å². The molecule has 124 valence electrons. The molecule has 1 heterocycles. The molecule has 7 heteroatoms. The van der Waals surface area contributed by atoms with Crippen molar-refractivity contribution in [1.29, 1.82) is 0 Å². The number of carbonyl (C=O) groups excluding carboxylic acids is 1. The minimum atomic E-state index is -3.27. The van der Waals surface area contributed by atoms with Crippen LogP contribution >= 0.6 is 11.3 Å². The van der Waals surface area contributed by atoms with Gasteiger partial charge in [-0.1, -0.05) is 29.0 Å². The van der Waals surface area contributed by atoms with Crippen LogP contribution in [0.25, 0.3) is 10.2 Å². The summed E-state index contributed by atoms with van der Waals surface area (Å²) in [6.45, 7) is 1.92. The van der Waals surface area contributed by atoms with Gasteiger partial charge in [0.25, 0.3) is 5.91 Å². The molecule has 0 aliphatic heterocycles. The van der Waals surface area contributed by atoms with Crippen molar-refractivity contribution < 1.29 is 13.2 Å². The van der Waals surface area contributed by atoms with Crippen molar-refractivity contribution >= 4 is 37.3 Å². The molecular formula is C17H16N2O3S2. The van der Waals surface area contributed by atoms with E-state index in [0.29, 0.717) is 10.4 Å². The maximum absolute atomic E-state index is 12.4. The van der Waals surface area contributed by atoms with E-state index < -0.39 is 9.84 Å². The number of aromatic nitrogens is 1. The highest BCUT2D eigenvalue weighted by molar-refractivity contribution is 7.90. The van der Waals surface area contributed by atoms with Gasteiger partial charge in [-0.25, -0.2) is 8.42 Å². The second-order valence-corrected chi connectivity index (χ2v) is 8.66. The van der Waals surface area contributed by atoms with E-state index in [4.69, 9.17) is 0 Å². The predicted molar refractivity (Wildman–Crippen MR) is 95.0 cm³/mol. The standard InChI is InChI=1S/C17H16N2O3S2/c1-11-5-4-6-12(9-11)16(20)18-17-19(2)14-8-7-13(24(3,21)22)10-15(14)23-17/h4-10H,1-3H3. The molecule has 1 amide bonds. The Morgan fingerprint density at radius 3 is 2.58 bits per heavy atom. The average Bonchev–Trinajstić information content (AvgIpc) is 2.82. The molecule has 0 N–H and O–H groups in total. The van der Waals surface area contributed by atoms with E-state index in [2.05, 4.69) is 4.99 Å². The molecule has 0 saturated heterocycles. The highest BCUT2D eigenvalue weighted by Gasteiger charge is 2.11. The molecule has 0 spiro atoms. The summed E-state index contributed by atoms with van der Waals surface area (Å²) in [6.07, 6.45) is 1.17. The number of hydrogen-bond donors (Lipinski definition) is 0. The fraction of sp³-hybridized carbons (Fsp3) is 0.176. The Morgan fingerprint density at radius 1 is 1.17 bits per heavy atom. The molecule has 0 aliphatic carbocycles. The SMILES string of the molecule is Cc1cccc(C(=O)N=c2sc3cc(S(C)(=O)=O)ccc3n2C)c1. The van der Waals surface area contributed by atoms with Crippen LogP contribution in [0.5, 0.6) is 0 Å². The van der Waals surface area contributed by atoms with Crippen LogP contribution in [0.3, 0.4) is 0 Å². The van der Waals surface area contributed by atoms with Gasteiger partial charge in [-0.3, -0.25) is 4.79 Å². The Labute approximate surface area is 143 Å². The van der Waals surface area contributed by atoms with Gasteiger partial charge in [0.1, 0.15) is 0 Å². The van der Waals surface area contributed by atoms with Gasteiger partial charge in [-0.15, -0.1) is 0 Å². The van der Waals surface area contributed by atoms with Gasteiger partial charge >= 0.3 is 0 Å². The summed E-state index contributed by atoms with van der Waals surface area (Å²) < 4.78 is 25.9. The van der Waals surface area contributed by atoms with Gasteiger partial charge in [0.05, 0.1) is 15.1 Å². The number of fused-ring (bicyclic) bond motifs is 1. The lowest BCUT2D eigenvalue weighted by atomic mass is 10.1. The van der Waals surface area contributed by atoms with Gasteiger partial charge in [0.15, 0.2) is 14.6 Å². The molecule has 3 aromatic rings. The Hall–Kier alpha value is -2.25. The number of hydrogen-bond acceptors (Lipinski definition) is 4. The summed E-state index contributed by atoms with van der Waals surface area (Å²) in [5.41, 5.74) is 2.36. The first-order chi connectivity index (χ1) is 11.3. The van der Waals surface area contributed by atoms with E-state index >= 15 is 0 Å². The summed E-state index contributed by atoms with van der Waals surface area (Å²) in [5.74, 6) is -0.316. The maximum Gasteiger partial charge on any atom is 0.279 e. The summed E-state index contributed by atoms with van der Waals surface area (Å²) in [6, 6.07) is 12.2. The first-order valence-corrected chi connectivity index (χ1v) is 9.92. The highest BCUT2D eigenvalue weighted by Crippen LogP contribution is 2.21. The zero-order valence-corrected chi connectivity index (χ0v) is 15.1. The summed E-state index contributed by atoms with van der Waals surface area (Å²) >= 11 is 1.29. The van der Waals surface area contributed by atoms with E-state index in [1.807, 2.05) is 19.1 Å². The van der Waals surface area contributed by atoms with Gasteiger partial charge in [0.2, 0.25) is 0 Å². The zero-order valence-electron chi connectivity index (χ0n) is 13.5. The van der Waals surface area contributed by atoms with Gasteiger partial charge in [0, 0.05) is 18.9 Å². The Morgan fingerprint density at radius 2 is 1.92 bits per heavy atom. The van der Waals surface area contributed by atoms with Crippen LogP contribution in [0.1, 0.15) is 15.9 Å². The fourth-order valence-corrected chi connectivity index (χ4v) is 4.16. The van der Waals surface area contributed by atoms with Gasteiger partial charge < -0.3 is 4.57 Å². The summed E-state index contributed by atoms with van der Waals surface area (Å²) in [5, 5.41) is 0. The molecule has 0 unspecified atom stereocenters. The molecule has 1 aromatic heterocycles. The largest absolute Gasteiger partial charge is 0.319 e. The Kier molecular flexibility index (Phi) is 4.15. The van der Waals surface area contributed by atoms with E-state index in [1.54, 1.807) is 41.9 Å². The van der Waals surface area contributed by atoms with E-state index in [9.17, 15) is 13.2 Å². The first-order valence-electron chi connectivity index (χ1n) is 7.21. The second kappa shape index (κ2) is 5.99. The average molecular weight is 360 g/mol. The smallest absolute Gasteiger partial charge is 0.279 e. The monoisotopic (exact) mass is 360 g/mol. The number of amides is 1. The van der Waals surface area contributed by atoms with Crippen LogP contribution in [-0.2, 0) is 16.9 Å². The normalized spacial score (nSPS) is 12.7. The zero-order chi connectivity index (χ0) is 17.5. The van der Waals surface area contributed by atoms with Crippen molar-refractivity contribution in [3.63, 3.8) is 0 Å². The lowest BCUT2D eigenvalue weighted by Gasteiger charge is -1.99. The minimum absolute atomic E-state index is 0.258. The van der Waals surface area contributed by atoms with Gasteiger partial charge in [-0.2, -0.15) is 4.99 Å². The van der Waals surface area contributed by atoms with E-state index in [1.165, 1.54) is 17.6 Å². The molecule has 5 nitrogen and oxygen atoms in total.